The van der Waals surface area contributed by atoms with Gasteiger partial charge in [-0.2, -0.15) is 0 Å². The predicted octanol–water partition coefficient (Wildman–Crippen LogP) is 4.62. The first-order valence-corrected chi connectivity index (χ1v) is 10.2. The molecule has 1 aromatic heterocycles. The molecule has 0 aliphatic rings. The van der Waals surface area contributed by atoms with Crippen LogP contribution in [0.15, 0.2) is 36.4 Å². The number of ether oxygens (including phenoxy) is 1. The molecule has 7 heteroatoms. The first-order chi connectivity index (χ1) is 13.3. The molecule has 0 fully saturated rings. The standard InChI is InChI=1S/C22H27N3O2S.ClH/c1-15-7-6-8-18(12-15)27-14-20(26)25(10-9-24(4)5)22-23-19-13-16(2)11-17(3)21(19)28-22;/h6-8,11-13H,9-10,14H2,1-5H3;1H. The van der Waals surface area contributed by atoms with Gasteiger partial charge in [-0.05, 0) is 69.8 Å². The fourth-order valence-corrected chi connectivity index (χ4v) is 4.09. The van der Waals surface area contributed by atoms with E-state index >= 15 is 0 Å². The summed E-state index contributed by atoms with van der Waals surface area (Å²) in [5, 5.41) is 0.725. The summed E-state index contributed by atoms with van der Waals surface area (Å²) in [5.41, 5.74) is 4.41. The zero-order valence-corrected chi connectivity index (χ0v) is 19.2. The van der Waals surface area contributed by atoms with Crippen LogP contribution >= 0.6 is 23.7 Å². The lowest BCUT2D eigenvalue weighted by Crippen LogP contribution is -2.39. The van der Waals surface area contributed by atoms with Crippen LogP contribution in [0.3, 0.4) is 0 Å². The highest BCUT2D eigenvalue weighted by atomic mass is 35.5. The smallest absolute Gasteiger partial charge is 0.266 e. The third kappa shape index (κ3) is 5.92. The number of carbonyl (C=O) groups is 1. The van der Waals surface area contributed by atoms with E-state index in [1.165, 1.54) is 11.1 Å². The van der Waals surface area contributed by atoms with Crippen LogP contribution in [0.5, 0.6) is 5.75 Å². The summed E-state index contributed by atoms with van der Waals surface area (Å²) in [6.45, 7) is 7.47. The second-order valence-electron chi connectivity index (χ2n) is 7.38. The number of anilines is 1. The van der Waals surface area contributed by atoms with Crippen LogP contribution in [0.1, 0.15) is 16.7 Å². The third-order valence-electron chi connectivity index (χ3n) is 4.46. The quantitative estimate of drug-likeness (QED) is 0.545. The van der Waals surface area contributed by atoms with Gasteiger partial charge in [-0.15, -0.1) is 12.4 Å². The Bertz CT molecular complexity index is 987. The lowest BCUT2D eigenvalue weighted by Gasteiger charge is -2.22. The fraction of sp³-hybridized carbons (Fsp3) is 0.364. The molecule has 0 saturated carbocycles. The number of aromatic nitrogens is 1. The molecule has 0 atom stereocenters. The SMILES string of the molecule is Cc1cccc(OCC(=O)N(CCN(C)C)c2nc3cc(C)cc(C)c3s2)c1.Cl. The Morgan fingerprint density at radius 2 is 1.83 bits per heavy atom. The van der Waals surface area contributed by atoms with Crippen LogP contribution in [0.4, 0.5) is 5.13 Å². The molecule has 0 bridgehead atoms. The average molecular weight is 434 g/mol. The van der Waals surface area contributed by atoms with Gasteiger partial charge in [0.1, 0.15) is 5.75 Å². The van der Waals surface area contributed by atoms with E-state index in [1.54, 1.807) is 16.2 Å². The van der Waals surface area contributed by atoms with Crippen molar-refractivity contribution < 1.29 is 9.53 Å². The number of aryl methyl sites for hydroxylation is 3. The number of fused-ring (bicyclic) bond motifs is 1. The molecular weight excluding hydrogens is 406 g/mol. The number of halogens is 1. The summed E-state index contributed by atoms with van der Waals surface area (Å²) < 4.78 is 6.87. The molecule has 0 aliphatic heterocycles. The number of carbonyl (C=O) groups excluding carboxylic acids is 1. The van der Waals surface area contributed by atoms with Crippen molar-refractivity contribution in [2.24, 2.45) is 0 Å². The van der Waals surface area contributed by atoms with Crippen LogP contribution in [-0.4, -0.2) is 49.6 Å². The maximum atomic E-state index is 13.0. The molecule has 5 nitrogen and oxygen atoms in total. The molecule has 0 spiro atoms. The van der Waals surface area contributed by atoms with E-state index < -0.39 is 0 Å². The van der Waals surface area contributed by atoms with Gasteiger partial charge in [0.2, 0.25) is 0 Å². The lowest BCUT2D eigenvalue weighted by molar-refractivity contribution is -0.120. The summed E-state index contributed by atoms with van der Waals surface area (Å²) in [7, 11) is 4.00. The summed E-state index contributed by atoms with van der Waals surface area (Å²) in [6.07, 6.45) is 0. The van der Waals surface area contributed by atoms with E-state index in [4.69, 9.17) is 9.72 Å². The minimum absolute atomic E-state index is 0. The molecule has 156 valence electrons. The van der Waals surface area contributed by atoms with Gasteiger partial charge in [0.05, 0.1) is 10.2 Å². The van der Waals surface area contributed by atoms with Gasteiger partial charge in [-0.3, -0.25) is 9.69 Å². The van der Waals surface area contributed by atoms with E-state index in [2.05, 4.69) is 30.9 Å². The Kier molecular flexibility index (Phi) is 8.02. The third-order valence-corrected chi connectivity index (χ3v) is 5.69. The van der Waals surface area contributed by atoms with Crippen molar-refractivity contribution in [3.8, 4) is 5.75 Å². The number of benzene rings is 2. The van der Waals surface area contributed by atoms with Gasteiger partial charge in [0.15, 0.2) is 11.7 Å². The monoisotopic (exact) mass is 433 g/mol. The molecule has 0 N–H and O–H groups in total. The minimum Gasteiger partial charge on any atom is -0.484 e. The number of amides is 1. The Morgan fingerprint density at radius 3 is 2.52 bits per heavy atom. The fourth-order valence-electron chi connectivity index (χ4n) is 3.04. The normalized spacial score (nSPS) is 10.8. The second-order valence-corrected chi connectivity index (χ2v) is 8.36. The van der Waals surface area contributed by atoms with E-state index in [0.717, 1.165) is 27.5 Å². The van der Waals surface area contributed by atoms with E-state index in [0.29, 0.717) is 12.3 Å². The van der Waals surface area contributed by atoms with Crippen molar-refractivity contribution in [2.75, 3.05) is 38.7 Å². The molecule has 0 aliphatic carbocycles. The van der Waals surface area contributed by atoms with Crippen LogP contribution < -0.4 is 9.64 Å². The number of hydrogen-bond donors (Lipinski definition) is 0. The van der Waals surface area contributed by atoms with E-state index in [1.807, 2.05) is 45.3 Å². The number of likely N-dealkylation sites (N-methyl/N-ethyl adjacent to an activating group) is 1. The first-order valence-electron chi connectivity index (χ1n) is 9.36. The van der Waals surface area contributed by atoms with Gasteiger partial charge in [-0.25, -0.2) is 4.98 Å². The zero-order valence-electron chi connectivity index (χ0n) is 17.6. The lowest BCUT2D eigenvalue weighted by atomic mass is 10.1. The predicted molar refractivity (Wildman–Crippen MR) is 124 cm³/mol. The number of nitrogens with zero attached hydrogens (tertiary/aromatic N) is 3. The van der Waals surface area contributed by atoms with E-state index in [9.17, 15) is 4.79 Å². The Balaban J connectivity index is 0.00000300. The zero-order chi connectivity index (χ0) is 20.3. The Labute approximate surface area is 182 Å². The molecule has 0 unspecified atom stereocenters. The van der Waals surface area contributed by atoms with Crippen molar-refractivity contribution in [1.82, 2.24) is 9.88 Å². The number of rotatable bonds is 7. The average Bonchev–Trinajstić information content (AvgIpc) is 3.04. The molecule has 0 saturated heterocycles. The molecule has 1 amide bonds. The summed E-state index contributed by atoms with van der Waals surface area (Å²) in [6, 6.07) is 12.0. The highest BCUT2D eigenvalue weighted by molar-refractivity contribution is 7.22. The molecule has 0 radical (unpaired) electrons. The van der Waals surface area contributed by atoms with Crippen molar-refractivity contribution in [3.05, 3.63) is 53.1 Å². The first kappa shape index (κ1) is 23.1. The highest BCUT2D eigenvalue weighted by Crippen LogP contribution is 2.32. The van der Waals surface area contributed by atoms with Crippen molar-refractivity contribution in [3.63, 3.8) is 0 Å². The van der Waals surface area contributed by atoms with Gasteiger partial charge in [0, 0.05) is 13.1 Å². The Hall–Kier alpha value is -2.15. The van der Waals surface area contributed by atoms with Gasteiger partial charge in [0.25, 0.3) is 5.91 Å². The molecule has 2 aromatic carbocycles. The summed E-state index contributed by atoms with van der Waals surface area (Å²) >= 11 is 1.56. The van der Waals surface area contributed by atoms with Gasteiger partial charge >= 0.3 is 0 Å². The highest BCUT2D eigenvalue weighted by Gasteiger charge is 2.21. The molecule has 1 heterocycles. The van der Waals surface area contributed by atoms with Crippen molar-refractivity contribution in [1.29, 1.82) is 0 Å². The Morgan fingerprint density at radius 1 is 1.07 bits per heavy atom. The van der Waals surface area contributed by atoms with Crippen LogP contribution in [0, 0.1) is 20.8 Å². The second kappa shape index (κ2) is 10.1. The maximum absolute atomic E-state index is 13.0. The van der Waals surface area contributed by atoms with Gasteiger partial charge in [-0.1, -0.05) is 29.5 Å². The maximum Gasteiger partial charge on any atom is 0.266 e. The number of hydrogen-bond acceptors (Lipinski definition) is 5. The van der Waals surface area contributed by atoms with Crippen LogP contribution in [0.2, 0.25) is 0 Å². The van der Waals surface area contributed by atoms with Crippen LogP contribution in [0.25, 0.3) is 10.2 Å². The molecule has 3 aromatic rings. The largest absolute Gasteiger partial charge is 0.484 e. The topological polar surface area (TPSA) is 45.7 Å². The van der Waals surface area contributed by atoms with Crippen molar-refractivity contribution in [2.45, 2.75) is 20.8 Å². The van der Waals surface area contributed by atoms with E-state index in [-0.39, 0.29) is 24.9 Å². The molecular formula is C22H28ClN3O2S. The minimum atomic E-state index is -0.0863. The van der Waals surface area contributed by atoms with Gasteiger partial charge < -0.3 is 9.64 Å². The molecule has 29 heavy (non-hydrogen) atoms. The number of thiazole rings is 1. The summed E-state index contributed by atoms with van der Waals surface area (Å²) in [4.78, 5) is 21.5. The van der Waals surface area contributed by atoms with Crippen LogP contribution in [-0.2, 0) is 4.79 Å². The van der Waals surface area contributed by atoms with Crippen molar-refractivity contribution >= 4 is 45.0 Å². The summed E-state index contributed by atoms with van der Waals surface area (Å²) in [5.74, 6) is 0.619. The molecule has 3 rings (SSSR count).